The van der Waals surface area contributed by atoms with Crippen LogP contribution in [-0.4, -0.2) is 39.6 Å². The molecule has 1 fully saturated rings. The summed E-state index contributed by atoms with van der Waals surface area (Å²) in [5, 5.41) is 9.70. The normalized spacial score (nSPS) is 18.8. The Kier molecular flexibility index (Phi) is 6.07. The molecule has 2 atom stereocenters. The average Bonchev–Trinajstić information content (AvgIpc) is 3.02. The number of benzene rings is 1. The molecule has 1 aromatic rings. The third-order valence-corrected chi connectivity index (χ3v) is 6.84. The number of nitrogens with two attached hydrogens (primary N) is 1. The van der Waals surface area contributed by atoms with Crippen LogP contribution in [0.15, 0.2) is 35.7 Å². The van der Waals surface area contributed by atoms with Gasteiger partial charge in [0, 0.05) is 18.5 Å². The number of carboxylic acid groups (broad SMARTS) is 1. The number of hydrogen-bond donors (Lipinski definition) is 2. The van der Waals surface area contributed by atoms with E-state index < -0.39 is 17.1 Å². The van der Waals surface area contributed by atoms with Gasteiger partial charge in [0.1, 0.15) is 5.37 Å². The molecule has 2 amide bonds. The fourth-order valence-corrected chi connectivity index (χ4v) is 5.44. The number of hydrogen-bond acceptors (Lipinski definition) is 5. The Morgan fingerprint density at radius 1 is 1.29 bits per heavy atom. The van der Waals surface area contributed by atoms with Gasteiger partial charge in [-0.25, -0.2) is 0 Å². The SMILES string of the molecule is C#Cc1ccsc1C1SC(CC(=O)O)C(=O)N1CCC(N)=O.c1cc2cc-2c1. The third-order valence-electron chi connectivity index (χ3n) is 4.28. The quantitative estimate of drug-likeness (QED) is 0.604. The van der Waals surface area contributed by atoms with Crippen molar-refractivity contribution in [1.29, 1.82) is 0 Å². The molecular formula is C20H18N2O4S2. The Hall–Kier alpha value is -2.76. The van der Waals surface area contributed by atoms with Crippen LogP contribution in [0.1, 0.15) is 28.7 Å². The monoisotopic (exact) mass is 414 g/mol. The number of carbonyl (C=O) groups excluding carboxylic acids is 2. The zero-order valence-corrected chi connectivity index (χ0v) is 16.5. The Labute approximate surface area is 170 Å². The number of aliphatic carboxylic acids is 1. The molecule has 2 unspecified atom stereocenters. The van der Waals surface area contributed by atoms with E-state index in [1.807, 2.05) is 5.38 Å². The summed E-state index contributed by atoms with van der Waals surface area (Å²) >= 11 is 2.66. The molecule has 0 saturated carbocycles. The van der Waals surface area contributed by atoms with Crippen LogP contribution in [-0.2, 0) is 14.4 Å². The summed E-state index contributed by atoms with van der Waals surface area (Å²) in [4.78, 5) is 36.6. The van der Waals surface area contributed by atoms with Gasteiger partial charge in [-0.15, -0.1) is 29.5 Å². The van der Waals surface area contributed by atoms with E-state index in [2.05, 4.69) is 30.2 Å². The first-order chi connectivity index (χ1) is 13.4. The van der Waals surface area contributed by atoms with Gasteiger partial charge in [-0.05, 0) is 28.6 Å². The maximum atomic E-state index is 12.4. The molecule has 28 heavy (non-hydrogen) atoms. The number of nitrogens with zero attached hydrogens (tertiary/aromatic N) is 1. The number of terminal acetylenes is 1. The van der Waals surface area contributed by atoms with Gasteiger partial charge in [0.15, 0.2) is 0 Å². The van der Waals surface area contributed by atoms with Crippen molar-refractivity contribution in [3.8, 4) is 23.5 Å². The van der Waals surface area contributed by atoms with Crippen LogP contribution in [0, 0.1) is 12.3 Å². The molecule has 3 N–H and O–H groups in total. The van der Waals surface area contributed by atoms with Gasteiger partial charge in [0.25, 0.3) is 0 Å². The second-order valence-corrected chi connectivity index (χ2v) is 8.48. The van der Waals surface area contributed by atoms with Gasteiger partial charge in [-0.1, -0.05) is 24.1 Å². The summed E-state index contributed by atoms with van der Waals surface area (Å²) in [6.45, 7) is 0.157. The van der Waals surface area contributed by atoms with Gasteiger partial charge in [-0.3, -0.25) is 14.4 Å². The van der Waals surface area contributed by atoms with E-state index in [4.69, 9.17) is 17.3 Å². The zero-order valence-electron chi connectivity index (χ0n) is 14.8. The first-order valence-corrected chi connectivity index (χ1v) is 10.3. The average molecular weight is 415 g/mol. The van der Waals surface area contributed by atoms with Crippen molar-refractivity contribution in [1.82, 2.24) is 4.90 Å². The van der Waals surface area contributed by atoms with Crippen LogP contribution >= 0.6 is 23.1 Å². The number of thioether (sulfide) groups is 1. The van der Waals surface area contributed by atoms with Crippen LogP contribution in [0.25, 0.3) is 11.1 Å². The molecule has 6 nitrogen and oxygen atoms in total. The van der Waals surface area contributed by atoms with Crippen LogP contribution < -0.4 is 5.73 Å². The van der Waals surface area contributed by atoms with Gasteiger partial charge in [0.05, 0.1) is 16.5 Å². The minimum atomic E-state index is -1.04. The van der Waals surface area contributed by atoms with E-state index in [-0.39, 0.29) is 30.7 Å². The predicted octanol–water partition coefficient (Wildman–Crippen LogP) is 2.69. The lowest BCUT2D eigenvalue weighted by Gasteiger charge is -2.22. The predicted molar refractivity (Wildman–Crippen MR) is 110 cm³/mol. The highest BCUT2D eigenvalue weighted by molar-refractivity contribution is 8.01. The van der Waals surface area contributed by atoms with Gasteiger partial charge < -0.3 is 15.7 Å². The maximum absolute atomic E-state index is 12.4. The molecule has 0 radical (unpaired) electrons. The van der Waals surface area contributed by atoms with E-state index in [9.17, 15) is 14.4 Å². The molecule has 2 heterocycles. The molecule has 0 spiro atoms. The van der Waals surface area contributed by atoms with Gasteiger partial charge >= 0.3 is 5.97 Å². The topological polar surface area (TPSA) is 101 Å². The number of primary amides is 1. The Bertz CT molecular complexity index is 946. The number of carboxylic acids is 1. The lowest BCUT2D eigenvalue weighted by Crippen LogP contribution is -2.34. The Balaban J connectivity index is 0.000000311. The minimum Gasteiger partial charge on any atom is -0.481 e. The second kappa shape index (κ2) is 8.50. The van der Waals surface area contributed by atoms with Crippen molar-refractivity contribution in [2.24, 2.45) is 5.73 Å². The summed E-state index contributed by atoms with van der Waals surface area (Å²) in [6, 6.07) is 10.3. The standard InChI is InChI=1S/C14H14N2O4S2.C6H4/c1-2-8-4-6-21-12(8)14-16(5-3-10(15)17)13(20)9(22-14)7-11(18)19;1-2-5-4-6(5)3-1/h1,4,6,9,14H,3,5,7H2,(H2,15,17)(H,18,19);1-4H. The van der Waals surface area contributed by atoms with E-state index in [0.717, 1.165) is 4.88 Å². The molecule has 8 heteroatoms. The van der Waals surface area contributed by atoms with Crippen molar-refractivity contribution < 1.29 is 19.5 Å². The van der Waals surface area contributed by atoms with Crippen LogP contribution in [0.4, 0.5) is 0 Å². The summed E-state index contributed by atoms with van der Waals surface area (Å²) < 4.78 is 0. The number of rotatable bonds is 6. The molecule has 4 rings (SSSR count). The van der Waals surface area contributed by atoms with E-state index in [1.165, 1.54) is 39.1 Å². The van der Waals surface area contributed by atoms with Crippen LogP contribution in [0.2, 0.25) is 0 Å². The van der Waals surface area contributed by atoms with Gasteiger partial charge in [0.2, 0.25) is 11.8 Å². The lowest BCUT2D eigenvalue weighted by atomic mass is 10.2. The highest BCUT2D eigenvalue weighted by atomic mass is 32.2. The molecule has 1 aliphatic heterocycles. The van der Waals surface area contributed by atoms with Crippen LogP contribution in [0.5, 0.6) is 0 Å². The fourth-order valence-electron chi connectivity index (χ4n) is 2.85. The number of carbonyl (C=O) groups is 3. The van der Waals surface area contributed by atoms with Crippen molar-refractivity contribution in [2.45, 2.75) is 23.5 Å². The largest absolute Gasteiger partial charge is 0.481 e. The Morgan fingerprint density at radius 3 is 2.50 bits per heavy atom. The summed E-state index contributed by atoms with van der Waals surface area (Å²) in [5.74, 6) is 0.713. The van der Waals surface area contributed by atoms with E-state index in [1.54, 1.807) is 6.07 Å². The van der Waals surface area contributed by atoms with E-state index >= 15 is 0 Å². The fraction of sp³-hybridized carbons (Fsp3) is 0.250. The maximum Gasteiger partial charge on any atom is 0.305 e. The van der Waals surface area contributed by atoms with Gasteiger partial charge in [-0.2, -0.15) is 0 Å². The Morgan fingerprint density at radius 2 is 2.00 bits per heavy atom. The highest BCUT2D eigenvalue weighted by Crippen LogP contribution is 2.46. The number of thiophene rings is 1. The highest BCUT2D eigenvalue weighted by Gasteiger charge is 2.42. The van der Waals surface area contributed by atoms with Crippen molar-refractivity contribution >= 4 is 40.9 Å². The third kappa shape index (κ3) is 4.55. The summed E-state index contributed by atoms with van der Waals surface area (Å²) in [5.41, 5.74) is 8.67. The summed E-state index contributed by atoms with van der Waals surface area (Å²) in [7, 11) is 0. The summed E-state index contributed by atoms with van der Waals surface area (Å²) in [6.07, 6.45) is 5.22. The van der Waals surface area contributed by atoms with Crippen LogP contribution in [0.3, 0.4) is 0 Å². The molecule has 144 valence electrons. The molecule has 2 aliphatic carbocycles. The first-order valence-electron chi connectivity index (χ1n) is 8.51. The first kappa shape index (κ1) is 20.0. The minimum absolute atomic E-state index is 0.0271. The molecule has 1 saturated heterocycles. The van der Waals surface area contributed by atoms with E-state index in [0.29, 0.717) is 5.56 Å². The van der Waals surface area contributed by atoms with Crippen molar-refractivity contribution in [3.63, 3.8) is 0 Å². The number of amides is 2. The van der Waals surface area contributed by atoms with Crippen molar-refractivity contribution in [2.75, 3.05) is 6.54 Å². The molecule has 0 bridgehead atoms. The molecule has 3 aliphatic rings. The smallest absolute Gasteiger partial charge is 0.305 e. The lowest BCUT2D eigenvalue weighted by molar-refractivity contribution is -0.140. The second-order valence-electron chi connectivity index (χ2n) is 6.25. The zero-order chi connectivity index (χ0) is 20.3. The molecule has 0 aromatic carbocycles. The number of fused-ring (bicyclic) bond motifs is 1. The van der Waals surface area contributed by atoms with Crippen molar-refractivity contribution in [3.05, 3.63) is 46.2 Å². The molecular weight excluding hydrogens is 396 g/mol. The molecule has 1 aromatic heterocycles.